The number of amides is 1. The summed E-state index contributed by atoms with van der Waals surface area (Å²) in [7, 11) is -3.54. The summed E-state index contributed by atoms with van der Waals surface area (Å²) in [6.07, 6.45) is 1.36. The standard InChI is InChI=1S/C20H22Br2N4O4S/c1-14-2-4-17(5-3-14)31(29,30)26-8-6-25(7-9-26)13-19(27)24-23-12-15-10-16(21)11-18(22)20(15)28/h2-5,10-12,28H,6-9,13H2,1H3,(H,24,27). The van der Waals surface area contributed by atoms with E-state index in [0.717, 1.165) is 10.0 Å². The van der Waals surface area contributed by atoms with Crippen molar-refractivity contribution in [2.75, 3.05) is 32.7 Å². The summed E-state index contributed by atoms with van der Waals surface area (Å²) in [5.74, 6) is -0.299. The Hall–Kier alpha value is -1.79. The van der Waals surface area contributed by atoms with Gasteiger partial charge < -0.3 is 5.11 Å². The van der Waals surface area contributed by atoms with Gasteiger partial charge in [0.25, 0.3) is 5.91 Å². The molecule has 1 heterocycles. The average molecular weight is 574 g/mol. The summed E-state index contributed by atoms with van der Waals surface area (Å²) < 4.78 is 28.2. The highest BCUT2D eigenvalue weighted by Gasteiger charge is 2.28. The molecule has 0 aliphatic carbocycles. The third kappa shape index (κ3) is 6.13. The van der Waals surface area contributed by atoms with Crippen molar-refractivity contribution in [3.63, 3.8) is 0 Å². The minimum absolute atomic E-state index is 0.0205. The van der Waals surface area contributed by atoms with Crippen LogP contribution in [0, 0.1) is 6.92 Å². The third-order valence-electron chi connectivity index (χ3n) is 4.81. The van der Waals surface area contributed by atoms with Gasteiger partial charge in [0.1, 0.15) is 5.75 Å². The Bertz CT molecular complexity index is 1080. The first-order valence-corrected chi connectivity index (χ1v) is 12.5. The maximum atomic E-state index is 12.8. The first-order valence-electron chi connectivity index (χ1n) is 9.46. The van der Waals surface area contributed by atoms with E-state index in [1.54, 1.807) is 36.4 Å². The van der Waals surface area contributed by atoms with Gasteiger partial charge in [-0.05, 0) is 47.1 Å². The number of benzene rings is 2. The SMILES string of the molecule is Cc1ccc(S(=O)(=O)N2CCN(CC(=O)NN=Cc3cc(Br)cc(Br)c3O)CC2)cc1. The van der Waals surface area contributed by atoms with Crippen LogP contribution in [0.4, 0.5) is 0 Å². The van der Waals surface area contributed by atoms with Gasteiger partial charge in [0.05, 0.1) is 22.1 Å². The van der Waals surface area contributed by atoms with Crippen molar-refractivity contribution in [1.29, 1.82) is 0 Å². The molecular formula is C20H22Br2N4O4S. The van der Waals surface area contributed by atoms with Crippen LogP contribution in [0.1, 0.15) is 11.1 Å². The highest BCUT2D eigenvalue weighted by Crippen LogP contribution is 2.30. The predicted molar refractivity (Wildman–Crippen MR) is 126 cm³/mol. The molecule has 2 aromatic carbocycles. The van der Waals surface area contributed by atoms with E-state index in [2.05, 4.69) is 42.4 Å². The fourth-order valence-electron chi connectivity index (χ4n) is 3.08. The Morgan fingerprint density at radius 2 is 1.81 bits per heavy atom. The predicted octanol–water partition coefficient (Wildman–Crippen LogP) is 2.68. The summed E-state index contributed by atoms with van der Waals surface area (Å²) in [4.78, 5) is 14.3. The summed E-state index contributed by atoms with van der Waals surface area (Å²) in [6, 6.07) is 10.2. The molecule has 11 heteroatoms. The molecule has 0 unspecified atom stereocenters. The Kier molecular flexibility index (Phi) is 7.87. The third-order valence-corrected chi connectivity index (χ3v) is 7.78. The second-order valence-corrected chi connectivity index (χ2v) is 10.8. The number of nitrogens with zero attached hydrogens (tertiary/aromatic N) is 3. The molecule has 0 radical (unpaired) electrons. The maximum absolute atomic E-state index is 12.8. The molecule has 166 valence electrons. The summed E-state index contributed by atoms with van der Waals surface area (Å²) >= 11 is 6.56. The van der Waals surface area contributed by atoms with Crippen LogP contribution >= 0.6 is 31.9 Å². The van der Waals surface area contributed by atoms with E-state index < -0.39 is 10.0 Å². The van der Waals surface area contributed by atoms with Gasteiger partial charge in [0, 0.05) is 36.2 Å². The number of carbonyl (C=O) groups is 1. The van der Waals surface area contributed by atoms with Crippen LogP contribution in [-0.4, -0.2) is 67.6 Å². The van der Waals surface area contributed by atoms with Crippen LogP contribution in [0.15, 0.2) is 55.3 Å². The number of halogens is 2. The molecule has 1 aliphatic rings. The van der Waals surface area contributed by atoms with E-state index in [1.165, 1.54) is 10.5 Å². The number of hydrogen-bond donors (Lipinski definition) is 2. The van der Waals surface area contributed by atoms with E-state index in [9.17, 15) is 18.3 Å². The number of carbonyl (C=O) groups excluding carboxylic acids is 1. The molecule has 0 aromatic heterocycles. The number of hydrogen-bond acceptors (Lipinski definition) is 6. The number of hydrazone groups is 1. The number of aromatic hydroxyl groups is 1. The second kappa shape index (κ2) is 10.2. The van der Waals surface area contributed by atoms with E-state index in [-0.39, 0.29) is 23.1 Å². The Balaban J connectivity index is 1.50. The van der Waals surface area contributed by atoms with Crippen molar-refractivity contribution in [2.24, 2.45) is 5.10 Å². The quantitative estimate of drug-likeness (QED) is 0.409. The van der Waals surface area contributed by atoms with Crippen molar-refractivity contribution >= 4 is 54.0 Å². The van der Waals surface area contributed by atoms with Crippen molar-refractivity contribution in [3.05, 3.63) is 56.5 Å². The molecule has 1 amide bonds. The Labute approximate surface area is 198 Å². The fraction of sp³-hybridized carbons (Fsp3) is 0.300. The number of nitrogens with one attached hydrogen (secondary N) is 1. The zero-order valence-electron chi connectivity index (χ0n) is 16.8. The van der Waals surface area contributed by atoms with Crippen molar-refractivity contribution in [2.45, 2.75) is 11.8 Å². The average Bonchev–Trinajstić information content (AvgIpc) is 2.72. The fourth-order valence-corrected chi connectivity index (χ4v) is 5.76. The second-order valence-electron chi connectivity index (χ2n) is 7.11. The molecule has 0 atom stereocenters. The first-order chi connectivity index (χ1) is 14.7. The Morgan fingerprint density at radius 3 is 2.45 bits per heavy atom. The van der Waals surface area contributed by atoms with Crippen molar-refractivity contribution < 1.29 is 18.3 Å². The number of aryl methyl sites for hydroxylation is 1. The lowest BCUT2D eigenvalue weighted by molar-refractivity contribution is -0.122. The molecule has 0 spiro atoms. The summed E-state index contributed by atoms with van der Waals surface area (Å²) in [5, 5.41) is 13.9. The highest BCUT2D eigenvalue weighted by atomic mass is 79.9. The zero-order valence-corrected chi connectivity index (χ0v) is 20.7. The molecule has 31 heavy (non-hydrogen) atoms. The monoisotopic (exact) mass is 572 g/mol. The van der Waals surface area contributed by atoms with Gasteiger partial charge in [0.2, 0.25) is 10.0 Å². The van der Waals surface area contributed by atoms with E-state index >= 15 is 0 Å². The highest BCUT2D eigenvalue weighted by molar-refractivity contribution is 9.11. The van der Waals surface area contributed by atoms with Gasteiger partial charge in [0.15, 0.2) is 0 Å². The number of sulfonamides is 1. The van der Waals surface area contributed by atoms with Gasteiger partial charge in [-0.2, -0.15) is 9.41 Å². The molecule has 0 bridgehead atoms. The van der Waals surface area contributed by atoms with Gasteiger partial charge in [-0.15, -0.1) is 0 Å². The minimum atomic E-state index is -3.54. The van der Waals surface area contributed by atoms with Gasteiger partial charge >= 0.3 is 0 Å². The largest absolute Gasteiger partial charge is 0.506 e. The first kappa shape index (κ1) is 23.9. The number of piperazine rings is 1. The molecule has 1 fully saturated rings. The lowest BCUT2D eigenvalue weighted by Crippen LogP contribution is -2.50. The van der Waals surface area contributed by atoms with Gasteiger partial charge in [-0.25, -0.2) is 13.8 Å². The van der Waals surface area contributed by atoms with E-state index in [0.29, 0.717) is 36.2 Å². The molecule has 2 aromatic rings. The normalized spacial score (nSPS) is 16.0. The van der Waals surface area contributed by atoms with Crippen molar-refractivity contribution in [1.82, 2.24) is 14.6 Å². The van der Waals surface area contributed by atoms with Crippen molar-refractivity contribution in [3.8, 4) is 5.75 Å². The van der Waals surface area contributed by atoms with Gasteiger partial charge in [-0.3, -0.25) is 9.69 Å². The molecule has 1 saturated heterocycles. The van der Waals surface area contributed by atoms with Crippen LogP contribution in [0.2, 0.25) is 0 Å². The topological polar surface area (TPSA) is 102 Å². The number of phenolic OH excluding ortho intramolecular Hbond substituents is 1. The molecule has 2 N–H and O–H groups in total. The van der Waals surface area contributed by atoms with Crippen LogP contribution in [0.25, 0.3) is 0 Å². The Morgan fingerprint density at radius 1 is 1.16 bits per heavy atom. The lowest BCUT2D eigenvalue weighted by Gasteiger charge is -2.33. The summed E-state index contributed by atoms with van der Waals surface area (Å²) in [5.41, 5.74) is 3.87. The molecule has 3 rings (SSSR count). The van der Waals surface area contributed by atoms with E-state index in [4.69, 9.17) is 0 Å². The number of rotatable bonds is 6. The minimum Gasteiger partial charge on any atom is -0.506 e. The number of phenols is 1. The van der Waals surface area contributed by atoms with Crippen LogP contribution < -0.4 is 5.43 Å². The molecule has 8 nitrogen and oxygen atoms in total. The lowest BCUT2D eigenvalue weighted by atomic mass is 10.2. The van der Waals surface area contributed by atoms with E-state index in [1.807, 2.05) is 11.8 Å². The maximum Gasteiger partial charge on any atom is 0.254 e. The van der Waals surface area contributed by atoms with Crippen LogP contribution in [-0.2, 0) is 14.8 Å². The zero-order chi connectivity index (χ0) is 22.6. The molecule has 1 aliphatic heterocycles. The smallest absolute Gasteiger partial charge is 0.254 e. The molecule has 0 saturated carbocycles. The van der Waals surface area contributed by atoms with Gasteiger partial charge in [-0.1, -0.05) is 33.6 Å². The summed E-state index contributed by atoms with van der Waals surface area (Å²) in [6.45, 7) is 3.53. The molecular weight excluding hydrogens is 552 g/mol. The van der Waals surface area contributed by atoms with Crippen LogP contribution in [0.3, 0.4) is 0 Å². The van der Waals surface area contributed by atoms with Crippen LogP contribution in [0.5, 0.6) is 5.75 Å².